The number of aryl methyl sites for hydroxylation is 1. The van der Waals surface area contributed by atoms with E-state index in [4.69, 9.17) is 4.42 Å². The fourth-order valence-corrected chi connectivity index (χ4v) is 9.49. The molecule has 0 spiro atoms. The Kier molecular flexibility index (Phi) is 7.18. The molecule has 10 aromatic rings. The summed E-state index contributed by atoms with van der Waals surface area (Å²) in [4.78, 5) is 0. The fraction of sp³-hybridized carbons (Fsp3) is 0.0741. The smallest absolute Gasteiger partial charge is 0.134 e. The third-order valence-electron chi connectivity index (χ3n) is 12.3. The lowest BCUT2D eigenvalue weighted by atomic mass is 9.92. The van der Waals surface area contributed by atoms with E-state index in [1.165, 1.54) is 88.1 Å². The van der Waals surface area contributed by atoms with E-state index >= 15 is 0 Å². The van der Waals surface area contributed by atoms with Gasteiger partial charge in [-0.05, 0) is 113 Å². The number of para-hydroxylation sites is 2. The van der Waals surface area contributed by atoms with Gasteiger partial charge in [0.2, 0.25) is 0 Å². The maximum Gasteiger partial charge on any atom is 0.134 e. The van der Waals surface area contributed by atoms with Crippen molar-refractivity contribution < 1.29 is 4.42 Å². The number of fused-ring (bicyclic) bond motifs is 9. The third kappa shape index (κ3) is 5.12. The van der Waals surface area contributed by atoms with Crippen LogP contribution in [0.4, 0.5) is 0 Å². The topological polar surface area (TPSA) is 23.0 Å². The van der Waals surface area contributed by atoms with Crippen molar-refractivity contribution in [2.45, 2.75) is 25.2 Å². The molecule has 3 heteroatoms. The molecule has 57 heavy (non-hydrogen) atoms. The van der Waals surface area contributed by atoms with Crippen LogP contribution in [0, 0.1) is 0 Å². The molecule has 0 bridgehead atoms. The second-order valence-corrected chi connectivity index (χ2v) is 15.6. The predicted molar refractivity (Wildman–Crippen MR) is 239 cm³/mol. The molecule has 2 aliphatic carbocycles. The quantitative estimate of drug-likeness (QED) is 0.173. The van der Waals surface area contributed by atoms with Crippen molar-refractivity contribution in [1.29, 1.82) is 0 Å². The van der Waals surface area contributed by atoms with Gasteiger partial charge in [-0.2, -0.15) is 0 Å². The Morgan fingerprint density at radius 1 is 0.474 bits per heavy atom. The monoisotopic (exact) mass is 730 g/mol. The predicted octanol–water partition coefficient (Wildman–Crippen LogP) is 14.5. The van der Waals surface area contributed by atoms with Crippen LogP contribution in [0.15, 0.2) is 186 Å². The zero-order chi connectivity index (χ0) is 37.5. The van der Waals surface area contributed by atoms with Crippen molar-refractivity contribution in [1.82, 2.24) is 9.13 Å². The second kappa shape index (κ2) is 12.7. The lowest BCUT2D eigenvalue weighted by Crippen LogP contribution is -1.98. The van der Waals surface area contributed by atoms with E-state index < -0.39 is 0 Å². The summed E-state index contributed by atoms with van der Waals surface area (Å²) in [5, 5.41) is 6.23. The van der Waals surface area contributed by atoms with Gasteiger partial charge in [0, 0.05) is 56.2 Å². The Bertz CT molecular complexity index is 3310. The van der Waals surface area contributed by atoms with Gasteiger partial charge in [-0.3, -0.25) is 0 Å². The van der Waals surface area contributed by atoms with Crippen molar-refractivity contribution in [2.75, 3.05) is 0 Å². The van der Waals surface area contributed by atoms with Crippen molar-refractivity contribution in [2.24, 2.45) is 0 Å². The first-order valence-electron chi connectivity index (χ1n) is 20.1. The molecule has 0 saturated heterocycles. The minimum atomic E-state index is 0.439. The summed E-state index contributed by atoms with van der Waals surface area (Å²) in [7, 11) is 0. The molecule has 1 unspecified atom stereocenters. The molecule has 0 N–H and O–H groups in total. The molecule has 0 saturated carbocycles. The molecular formula is C54H38N2O. The van der Waals surface area contributed by atoms with E-state index in [2.05, 4.69) is 197 Å². The van der Waals surface area contributed by atoms with Gasteiger partial charge in [-0.25, -0.2) is 0 Å². The largest absolute Gasteiger partial charge is 0.460 e. The molecule has 3 heterocycles. The Labute approximate surface area is 330 Å². The number of hydrogen-bond donors (Lipinski definition) is 0. The van der Waals surface area contributed by atoms with Crippen LogP contribution in [0.1, 0.15) is 35.6 Å². The van der Waals surface area contributed by atoms with Gasteiger partial charge in [-0.15, -0.1) is 0 Å². The molecule has 270 valence electrons. The average Bonchev–Trinajstić information content (AvgIpc) is 3.94. The maximum absolute atomic E-state index is 6.18. The zero-order valence-corrected chi connectivity index (χ0v) is 31.4. The Balaban J connectivity index is 0.924. The van der Waals surface area contributed by atoms with E-state index in [1.54, 1.807) is 0 Å². The minimum absolute atomic E-state index is 0.439. The van der Waals surface area contributed by atoms with Crippen LogP contribution in [0.5, 0.6) is 0 Å². The van der Waals surface area contributed by atoms with Crippen molar-refractivity contribution in [3.8, 4) is 33.6 Å². The fourth-order valence-electron chi connectivity index (χ4n) is 9.49. The van der Waals surface area contributed by atoms with Crippen LogP contribution in [0.2, 0.25) is 0 Å². The van der Waals surface area contributed by atoms with Crippen LogP contribution in [0.3, 0.4) is 0 Å². The highest BCUT2D eigenvalue weighted by Crippen LogP contribution is 2.40. The first-order chi connectivity index (χ1) is 28.2. The highest BCUT2D eigenvalue weighted by atomic mass is 16.3. The standard InChI is InChI=1S/C54H38N2O/c1-2-10-35(11-3-1)36-18-25-41(26-19-36)55-49-15-7-4-12-43(49)46-32-39(22-29-51(46)55)40-23-30-52-47(33-40)44-13-5-8-16-50(44)56(52)42-27-20-37(21-28-42)38-24-31-54-48(34-38)45-14-6-9-17-53(45)57-54/h1-8,10,12-16,18-35H,9,11,17H2. The highest BCUT2D eigenvalue weighted by Gasteiger charge is 2.18. The van der Waals surface area contributed by atoms with E-state index in [1.807, 2.05) is 0 Å². The van der Waals surface area contributed by atoms with Crippen LogP contribution in [0.25, 0.3) is 94.3 Å². The van der Waals surface area contributed by atoms with Gasteiger partial charge >= 0.3 is 0 Å². The van der Waals surface area contributed by atoms with Crippen LogP contribution >= 0.6 is 0 Å². The molecule has 7 aromatic carbocycles. The van der Waals surface area contributed by atoms with Gasteiger partial charge in [0.1, 0.15) is 11.3 Å². The van der Waals surface area contributed by atoms with Gasteiger partial charge in [-0.1, -0.05) is 115 Å². The Morgan fingerprint density at radius 2 is 1.04 bits per heavy atom. The third-order valence-corrected chi connectivity index (χ3v) is 12.3. The average molecular weight is 731 g/mol. The van der Waals surface area contributed by atoms with Crippen molar-refractivity contribution in [3.63, 3.8) is 0 Å². The van der Waals surface area contributed by atoms with E-state index in [0.717, 1.165) is 36.3 Å². The lowest BCUT2D eigenvalue weighted by Gasteiger charge is -2.15. The molecule has 3 nitrogen and oxygen atoms in total. The maximum atomic E-state index is 6.18. The summed E-state index contributed by atoms with van der Waals surface area (Å²) in [6.07, 6.45) is 16.4. The van der Waals surface area contributed by atoms with Gasteiger partial charge in [0.25, 0.3) is 0 Å². The normalized spacial score (nSPS) is 15.1. The summed E-state index contributed by atoms with van der Waals surface area (Å²) < 4.78 is 11.0. The van der Waals surface area contributed by atoms with Crippen molar-refractivity contribution in [3.05, 3.63) is 199 Å². The SMILES string of the molecule is C1=CCC(c2ccc(-n3c4ccccc4c4cc(-c5ccc6c(c5)c5ccccc5n6-c5ccc(-c6ccc7oc8c(c7c6)C=CCC8)cc5)ccc43)cc2)C=C1. The van der Waals surface area contributed by atoms with Crippen LogP contribution in [-0.2, 0) is 6.42 Å². The molecule has 3 aromatic heterocycles. The number of allylic oxidation sites excluding steroid dienone is 5. The number of hydrogen-bond acceptors (Lipinski definition) is 1. The first-order valence-corrected chi connectivity index (χ1v) is 20.1. The zero-order valence-electron chi connectivity index (χ0n) is 31.4. The molecular weight excluding hydrogens is 693 g/mol. The molecule has 0 radical (unpaired) electrons. The Morgan fingerprint density at radius 3 is 1.68 bits per heavy atom. The summed E-state index contributed by atoms with van der Waals surface area (Å²) >= 11 is 0. The molecule has 0 amide bonds. The van der Waals surface area contributed by atoms with Crippen molar-refractivity contribution >= 4 is 60.7 Å². The number of furan rings is 1. The van der Waals surface area contributed by atoms with Gasteiger partial charge in [0.15, 0.2) is 0 Å². The number of aromatic nitrogens is 2. The number of rotatable bonds is 5. The minimum Gasteiger partial charge on any atom is -0.460 e. The summed E-state index contributed by atoms with van der Waals surface area (Å²) in [5.74, 6) is 1.54. The van der Waals surface area contributed by atoms with E-state index in [0.29, 0.717) is 5.92 Å². The Hall–Kier alpha value is -7.10. The lowest BCUT2D eigenvalue weighted by molar-refractivity contribution is 0.546. The number of benzene rings is 7. The van der Waals surface area contributed by atoms with Crippen LogP contribution < -0.4 is 0 Å². The van der Waals surface area contributed by atoms with Crippen LogP contribution in [-0.4, -0.2) is 9.13 Å². The summed E-state index contributed by atoms with van der Waals surface area (Å²) in [6, 6.07) is 56.3. The molecule has 2 aliphatic rings. The number of nitrogens with zero attached hydrogens (tertiary/aromatic N) is 2. The molecule has 0 fully saturated rings. The summed E-state index contributed by atoms with van der Waals surface area (Å²) in [6.45, 7) is 0. The second-order valence-electron chi connectivity index (χ2n) is 15.6. The summed E-state index contributed by atoms with van der Waals surface area (Å²) in [5.41, 5.74) is 15.6. The molecule has 0 aliphatic heterocycles. The van der Waals surface area contributed by atoms with E-state index in [-0.39, 0.29) is 0 Å². The van der Waals surface area contributed by atoms with Gasteiger partial charge < -0.3 is 13.6 Å². The first kappa shape index (κ1) is 32.2. The van der Waals surface area contributed by atoms with Gasteiger partial charge in [0.05, 0.1) is 22.1 Å². The highest BCUT2D eigenvalue weighted by molar-refractivity contribution is 6.12. The van der Waals surface area contributed by atoms with E-state index in [9.17, 15) is 0 Å². The molecule has 12 rings (SSSR count). The molecule has 1 atom stereocenters.